The summed E-state index contributed by atoms with van der Waals surface area (Å²) in [6, 6.07) is 5.49. The second-order valence-corrected chi connectivity index (χ2v) is 10.7. The summed E-state index contributed by atoms with van der Waals surface area (Å²) in [6.07, 6.45) is 2.44. The van der Waals surface area contributed by atoms with Gasteiger partial charge in [0.25, 0.3) is 0 Å². The molecule has 10 N–H and O–H groups in total. The van der Waals surface area contributed by atoms with Crippen LogP contribution in [0.1, 0.15) is 58.9 Å². The average Bonchev–Trinajstić information content (AvgIpc) is 2.89. The molecule has 12 heteroatoms. The largest absolute Gasteiger partial charge is 0.368 e. The molecule has 4 atom stereocenters. The highest BCUT2D eigenvalue weighted by Crippen LogP contribution is 2.09. The molecule has 0 aliphatic rings. The van der Waals surface area contributed by atoms with E-state index in [2.05, 4.69) is 21.3 Å². The van der Waals surface area contributed by atoms with E-state index in [-0.39, 0.29) is 18.3 Å². The van der Waals surface area contributed by atoms with Crippen LogP contribution in [0.2, 0.25) is 0 Å². The first-order valence-corrected chi connectivity index (χ1v) is 13.8. The van der Waals surface area contributed by atoms with Crippen molar-refractivity contribution in [1.82, 2.24) is 21.3 Å². The van der Waals surface area contributed by atoms with Crippen LogP contribution in [0.5, 0.6) is 0 Å². The number of carbonyl (C=O) groups excluding carboxylic acids is 5. The fourth-order valence-corrected chi connectivity index (χ4v) is 4.01. The van der Waals surface area contributed by atoms with Gasteiger partial charge in [-0.2, -0.15) is 0 Å². The van der Waals surface area contributed by atoms with E-state index in [0.29, 0.717) is 25.8 Å². The molecule has 0 fully saturated rings. The third kappa shape index (κ3) is 13.0. The Hall–Kier alpha value is -3.51. The molecule has 0 bridgehead atoms. The Balaban J connectivity index is 2.77. The van der Waals surface area contributed by atoms with Crippen LogP contribution in [0.4, 0.5) is 0 Å². The first kappa shape index (κ1) is 34.5. The lowest BCUT2D eigenvalue weighted by Crippen LogP contribution is -2.58. The maximum absolute atomic E-state index is 13.2. The average molecular weight is 562 g/mol. The number of primary amides is 1. The number of hydrogen-bond donors (Lipinski definition) is 7. The SMILES string of the molecule is CC(C)C[C@H](NC(=O)[C@@H](N)CCCCN)C(=O)N[C@H](C(=O)NCC(=O)N[C@@H](Cc1ccccc1)C(N)=O)C(C)C. The molecule has 12 nitrogen and oxygen atoms in total. The first-order valence-electron chi connectivity index (χ1n) is 13.8. The fraction of sp³-hybridized carbons (Fsp3) is 0.607. The van der Waals surface area contributed by atoms with Crippen LogP contribution in [0, 0.1) is 11.8 Å². The summed E-state index contributed by atoms with van der Waals surface area (Å²) in [5.41, 5.74) is 17.7. The number of unbranched alkanes of at least 4 members (excludes halogenated alkanes) is 1. The van der Waals surface area contributed by atoms with Gasteiger partial charge in [-0.1, -0.05) is 64.4 Å². The van der Waals surface area contributed by atoms with E-state index in [0.717, 1.165) is 12.0 Å². The summed E-state index contributed by atoms with van der Waals surface area (Å²) in [5, 5.41) is 10.5. The van der Waals surface area contributed by atoms with Gasteiger partial charge in [-0.15, -0.1) is 0 Å². The van der Waals surface area contributed by atoms with Crippen LogP contribution in [0.15, 0.2) is 30.3 Å². The quantitative estimate of drug-likeness (QED) is 0.116. The van der Waals surface area contributed by atoms with E-state index in [1.54, 1.807) is 13.8 Å². The highest BCUT2D eigenvalue weighted by Gasteiger charge is 2.30. The normalized spacial score (nSPS) is 14.1. The Morgan fingerprint density at radius 1 is 0.825 bits per heavy atom. The summed E-state index contributed by atoms with van der Waals surface area (Å²) in [5.74, 6) is -3.09. The molecule has 224 valence electrons. The minimum atomic E-state index is -0.971. The van der Waals surface area contributed by atoms with Crippen molar-refractivity contribution < 1.29 is 24.0 Å². The van der Waals surface area contributed by atoms with Gasteiger partial charge in [0, 0.05) is 6.42 Å². The van der Waals surface area contributed by atoms with Gasteiger partial charge in [0.2, 0.25) is 29.5 Å². The van der Waals surface area contributed by atoms with Crippen molar-refractivity contribution in [3.8, 4) is 0 Å². The van der Waals surface area contributed by atoms with Gasteiger partial charge in [-0.3, -0.25) is 24.0 Å². The van der Waals surface area contributed by atoms with E-state index < -0.39 is 60.2 Å². The fourth-order valence-electron chi connectivity index (χ4n) is 4.01. The molecule has 0 saturated heterocycles. The molecule has 1 rings (SSSR count). The number of benzene rings is 1. The van der Waals surface area contributed by atoms with Crippen LogP contribution in [0.3, 0.4) is 0 Å². The minimum Gasteiger partial charge on any atom is -0.368 e. The first-order chi connectivity index (χ1) is 18.8. The molecule has 0 saturated carbocycles. The van der Waals surface area contributed by atoms with Gasteiger partial charge >= 0.3 is 0 Å². The van der Waals surface area contributed by atoms with Crippen molar-refractivity contribution in [2.45, 2.75) is 84.0 Å². The predicted octanol–water partition coefficient (Wildman–Crippen LogP) is -0.557. The molecule has 0 radical (unpaired) electrons. The van der Waals surface area contributed by atoms with Crippen LogP contribution < -0.4 is 38.5 Å². The van der Waals surface area contributed by atoms with E-state index in [1.807, 2.05) is 44.2 Å². The number of amides is 5. The molecule has 1 aromatic carbocycles. The second-order valence-electron chi connectivity index (χ2n) is 10.7. The molecule has 1 aromatic rings. The Bertz CT molecular complexity index is 971. The summed E-state index contributed by atoms with van der Waals surface area (Å²) in [6.45, 7) is 7.41. The zero-order chi connectivity index (χ0) is 30.2. The number of nitrogens with one attached hydrogen (secondary N) is 4. The van der Waals surface area contributed by atoms with Gasteiger partial charge in [0.05, 0.1) is 12.6 Å². The summed E-state index contributed by atoms with van der Waals surface area (Å²) >= 11 is 0. The Labute approximate surface area is 236 Å². The molecular weight excluding hydrogens is 514 g/mol. The standard InChI is InChI=1S/C28H47N7O5/c1-17(2)14-22(34-26(38)20(30)12-8-9-13-29)27(39)35-24(18(3)4)28(40)32-16-23(36)33-21(25(31)37)15-19-10-6-5-7-11-19/h5-7,10-11,17-18,20-22,24H,8-9,12-16,29-30H2,1-4H3,(H2,31,37)(H,32,40)(H,33,36)(H,34,38)(H,35,39)/t20-,21-,22-,24-/m0/s1. The molecule has 0 heterocycles. The molecule has 5 amide bonds. The highest BCUT2D eigenvalue weighted by molar-refractivity contribution is 5.94. The summed E-state index contributed by atoms with van der Waals surface area (Å²) in [4.78, 5) is 63.0. The lowest BCUT2D eigenvalue weighted by atomic mass is 9.99. The van der Waals surface area contributed by atoms with E-state index in [4.69, 9.17) is 17.2 Å². The Kier molecular flexibility index (Phi) is 15.5. The Morgan fingerprint density at radius 2 is 1.48 bits per heavy atom. The van der Waals surface area contributed by atoms with Gasteiger partial charge in [0.1, 0.15) is 18.1 Å². The zero-order valence-corrected chi connectivity index (χ0v) is 24.1. The monoisotopic (exact) mass is 561 g/mol. The molecular formula is C28H47N7O5. The van der Waals surface area contributed by atoms with Crippen molar-refractivity contribution in [2.24, 2.45) is 29.0 Å². The van der Waals surface area contributed by atoms with Gasteiger partial charge in [-0.05, 0) is 43.2 Å². The predicted molar refractivity (Wildman–Crippen MR) is 153 cm³/mol. The maximum Gasteiger partial charge on any atom is 0.243 e. The summed E-state index contributed by atoms with van der Waals surface area (Å²) in [7, 11) is 0. The van der Waals surface area contributed by atoms with Crippen molar-refractivity contribution in [1.29, 1.82) is 0 Å². The molecule has 0 unspecified atom stereocenters. The van der Waals surface area contributed by atoms with Crippen LogP contribution in [-0.2, 0) is 30.4 Å². The number of nitrogens with two attached hydrogens (primary N) is 3. The maximum atomic E-state index is 13.2. The topological polar surface area (TPSA) is 212 Å². The second kappa shape index (κ2) is 18.0. The molecule has 0 spiro atoms. The van der Waals surface area contributed by atoms with Crippen LogP contribution in [-0.4, -0.2) is 66.8 Å². The summed E-state index contributed by atoms with van der Waals surface area (Å²) < 4.78 is 0. The lowest BCUT2D eigenvalue weighted by molar-refractivity contribution is -0.134. The molecule has 0 aliphatic carbocycles. The van der Waals surface area contributed by atoms with Crippen molar-refractivity contribution in [3.63, 3.8) is 0 Å². The molecule has 0 aromatic heterocycles. The molecule has 40 heavy (non-hydrogen) atoms. The highest BCUT2D eigenvalue weighted by atomic mass is 16.2. The van der Waals surface area contributed by atoms with E-state index >= 15 is 0 Å². The van der Waals surface area contributed by atoms with Gasteiger partial charge in [0.15, 0.2) is 0 Å². The van der Waals surface area contributed by atoms with Gasteiger partial charge in [-0.25, -0.2) is 0 Å². The van der Waals surface area contributed by atoms with Crippen LogP contribution in [0.25, 0.3) is 0 Å². The number of carbonyl (C=O) groups is 5. The van der Waals surface area contributed by atoms with Crippen molar-refractivity contribution >= 4 is 29.5 Å². The third-order valence-electron chi connectivity index (χ3n) is 6.28. The minimum absolute atomic E-state index is 0.0774. The smallest absolute Gasteiger partial charge is 0.243 e. The van der Waals surface area contributed by atoms with E-state index in [1.165, 1.54) is 0 Å². The molecule has 0 aliphatic heterocycles. The van der Waals surface area contributed by atoms with Crippen molar-refractivity contribution in [3.05, 3.63) is 35.9 Å². The van der Waals surface area contributed by atoms with Crippen molar-refractivity contribution in [2.75, 3.05) is 13.1 Å². The third-order valence-corrected chi connectivity index (χ3v) is 6.28. The van der Waals surface area contributed by atoms with Crippen LogP contribution >= 0.6 is 0 Å². The Morgan fingerprint density at radius 3 is 2.02 bits per heavy atom. The van der Waals surface area contributed by atoms with Gasteiger partial charge < -0.3 is 38.5 Å². The number of hydrogen-bond acceptors (Lipinski definition) is 7. The van der Waals surface area contributed by atoms with E-state index in [9.17, 15) is 24.0 Å². The zero-order valence-electron chi connectivity index (χ0n) is 24.1. The lowest BCUT2D eigenvalue weighted by Gasteiger charge is -2.27. The number of rotatable bonds is 18.